The Hall–Kier alpha value is -1.13. The van der Waals surface area contributed by atoms with Crippen molar-refractivity contribution in [1.82, 2.24) is 10.3 Å². The summed E-state index contributed by atoms with van der Waals surface area (Å²) in [6, 6.07) is 5.24. The zero-order valence-corrected chi connectivity index (χ0v) is 12.2. The molecule has 0 amide bonds. The molecule has 4 heteroatoms. The van der Waals surface area contributed by atoms with Crippen molar-refractivity contribution >= 4 is 5.69 Å². The summed E-state index contributed by atoms with van der Waals surface area (Å²) < 4.78 is 5.41. The molecule has 1 saturated heterocycles. The molecule has 19 heavy (non-hydrogen) atoms. The van der Waals surface area contributed by atoms with Crippen molar-refractivity contribution in [1.29, 1.82) is 0 Å². The number of ether oxygens (including phenoxy) is 1. The number of hydrogen-bond acceptors (Lipinski definition) is 4. The molecule has 1 N–H and O–H groups in total. The lowest BCUT2D eigenvalue weighted by Crippen LogP contribution is -2.36. The predicted molar refractivity (Wildman–Crippen MR) is 78.6 cm³/mol. The van der Waals surface area contributed by atoms with Crippen LogP contribution in [0.5, 0.6) is 0 Å². The third-order valence-electron chi connectivity index (χ3n) is 4.03. The zero-order valence-electron chi connectivity index (χ0n) is 12.2. The molecular formula is C15H25N3O. The van der Waals surface area contributed by atoms with Crippen LogP contribution in [0.1, 0.15) is 37.9 Å². The molecule has 2 rings (SSSR count). The Bertz CT molecular complexity index is 369. The SMILES string of the molecule is CCC(NC)c1ccc(N(C)C2CCOCC2)cn1. The quantitative estimate of drug-likeness (QED) is 0.885. The van der Waals surface area contributed by atoms with Gasteiger partial charge in [-0.2, -0.15) is 0 Å². The third-order valence-corrected chi connectivity index (χ3v) is 4.03. The van der Waals surface area contributed by atoms with Crippen LogP contribution >= 0.6 is 0 Å². The molecule has 4 nitrogen and oxygen atoms in total. The second kappa shape index (κ2) is 6.87. The normalized spacial score (nSPS) is 18.3. The number of anilines is 1. The Balaban J connectivity index is 2.04. The van der Waals surface area contributed by atoms with E-state index < -0.39 is 0 Å². The van der Waals surface area contributed by atoms with Crippen LogP contribution < -0.4 is 10.2 Å². The Morgan fingerprint density at radius 3 is 2.68 bits per heavy atom. The molecule has 0 saturated carbocycles. The van der Waals surface area contributed by atoms with Crippen LogP contribution in [0.3, 0.4) is 0 Å². The van der Waals surface area contributed by atoms with Crippen molar-refractivity contribution < 1.29 is 4.74 Å². The van der Waals surface area contributed by atoms with Crippen molar-refractivity contribution in [2.75, 3.05) is 32.2 Å². The highest BCUT2D eigenvalue weighted by Gasteiger charge is 2.19. The van der Waals surface area contributed by atoms with Crippen molar-refractivity contribution in [3.05, 3.63) is 24.0 Å². The van der Waals surface area contributed by atoms with Gasteiger partial charge in [-0.3, -0.25) is 4.98 Å². The minimum absolute atomic E-state index is 0.349. The fourth-order valence-corrected chi connectivity index (χ4v) is 2.66. The molecule has 2 heterocycles. The van der Waals surface area contributed by atoms with Crippen LogP contribution in [0.25, 0.3) is 0 Å². The smallest absolute Gasteiger partial charge is 0.0574 e. The first-order valence-electron chi connectivity index (χ1n) is 7.20. The fraction of sp³-hybridized carbons (Fsp3) is 0.667. The first kappa shape index (κ1) is 14.3. The van der Waals surface area contributed by atoms with Crippen LogP contribution in [0.15, 0.2) is 18.3 Å². The molecule has 1 aliphatic heterocycles. The maximum absolute atomic E-state index is 5.41. The van der Waals surface area contributed by atoms with Gasteiger partial charge in [0.2, 0.25) is 0 Å². The van der Waals surface area contributed by atoms with Gasteiger partial charge in [0.25, 0.3) is 0 Å². The number of aromatic nitrogens is 1. The maximum atomic E-state index is 5.41. The van der Waals surface area contributed by atoms with Crippen LogP contribution in [0.2, 0.25) is 0 Å². The van der Waals surface area contributed by atoms with E-state index in [2.05, 4.69) is 41.3 Å². The monoisotopic (exact) mass is 263 g/mol. The molecule has 1 fully saturated rings. The molecule has 1 aromatic rings. The van der Waals surface area contributed by atoms with E-state index in [0.29, 0.717) is 12.1 Å². The average molecular weight is 263 g/mol. The highest BCUT2D eigenvalue weighted by Crippen LogP contribution is 2.22. The average Bonchev–Trinajstić information content (AvgIpc) is 2.49. The predicted octanol–water partition coefficient (Wildman–Crippen LogP) is 2.37. The van der Waals surface area contributed by atoms with E-state index in [9.17, 15) is 0 Å². The summed E-state index contributed by atoms with van der Waals surface area (Å²) in [7, 11) is 4.14. The zero-order chi connectivity index (χ0) is 13.7. The Morgan fingerprint density at radius 1 is 1.42 bits per heavy atom. The van der Waals surface area contributed by atoms with Gasteiger partial charge in [0.15, 0.2) is 0 Å². The number of pyridine rings is 1. The lowest BCUT2D eigenvalue weighted by molar-refractivity contribution is 0.0855. The summed E-state index contributed by atoms with van der Waals surface area (Å²) in [6.45, 7) is 3.92. The Kier molecular flexibility index (Phi) is 5.16. The van der Waals surface area contributed by atoms with Crippen LogP contribution in [-0.2, 0) is 4.74 Å². The summed E-state index contributed by atoms with van der Waals surface area (Å²) in [5, 5.41) is 3.29. The second-order valence-corrected chi connectivity index (χ2v) is 5.15. The molecule has 0 aromatic carbocycles. The van der Waals surface area contributed by atoms with Crippen molar-refractivity contribution in [3.63, 3.8) is 0 Å². The first-order valence-corrected chi connectivity index (χ1v) is 7.20. The highest BCUT2D eigenvalue weighted by atomic mass is 16.5. The van der Waals surface area contributed by atoms with Crippen LogP contribution in [0, 0.1) is 0 Å². The molecule has 0 radical (unpaired) electrons. The summed E-state index contributed by atoms with van der Waals surface area (Å²) in [4.78, 5) is 6.93. The van der Waals surface area contributed by atoms with Crippen molar-refractivity contribution in [3.8, 4) is 0 Å². The molecule has 1 aliphatic rings. The van der Waals surface area contributed by atoms with E-state index >= 15 is 0 Å². The number of hydrogen-bond donors (Lipinski definition) is 1. The Morgan fingerprint density at radius 2 is 2.16 bits per heavy atom. The van der Waals surface area contributed by atoms with E-state index in [4.69, 9.17) is 4.74 Å². The van der Waals surface area contributed by atoms with Crippen LogP contribution in [-0.4, -0.2) is 38.3 Å². The summed E-state index contributed by atoms with van der Waals surface area (Å²) in [6.07, 6.45) is 5.25. The number of rotatable bonds is 5. The van der Waals surface area contributed by atoms with Gasteiger partial charge in [-0.25, -0.2) is 0 Å². The standard InChI is InChI=1S/C15H25N3O/c1-4-14(16-2)15-6-5-13(11-17-15)18(3)12-7-9-19-10-8-12/h5-6,11-12,14,16H,4,7-10H2,1-3H3. The topological polar surface area (TPSA) is 37.4 Å². The van der Waals surface area contributed by atoms with Gasteiger partial charge in [-0.05, 0) is 38.4 Å². The highest BCUT2D eigenvalue weighted by molar-refractivity contribution is 5.45. The molecule has 1 atom stereocenters. The maximum Gasteiger partial charge on any atom is 0.0574 e. The number of nitrogens with zero attached hydrogens (tertiary/aromatic N) is 2. The van der Waals surface area contributed by atoms with E-state index in [-0.39, 0.29) is 0 Å². The van der Waals surface area contributed by atoms with E-state index in [0.717, 1.165) is 38.2 Å². The lowest BCUT2D eigenvalue weighted by atomic mass is 10.1. The molecule has 106 valence electrons. The lowest BCUT2D eigenvalue weighted by Gasteiger charge is -2.32. The van der Waals surface area contributed by atoms with Crippen molar-refractivity contribution in [2.45, 2.75) is 38.3 Å². The first-order chi connectivity index (χ1) is 9.26. The molecule has 1 aromatic heterocycles. The van der Waals surface area contributed by atoms with Gasteiger partial charge in [-0.15, -0.1) is 0 Å². The van der Waals surface area contributed by atoms with Crippen molar-refractivity contribution in [2.24, 2.45) is 0 Å². The van der Waals surface area contributed by atoms with Gasteiger partial charge in [-0.1, -0.05) is 6.92 Å². The van der Waals surface area contributed by atoms with E-state index in [1.807, 2.05) is 13.2 Å². The third kappa shape index (κ3) is 3.45. The van der Waals surface area contributed by atoms with Gasteiger partial charge < -0.3 is 15.0 Å². The summed E-state index contributed by atoms with van der Waals surface area (Å²) in [5.74, 6) is 0. The molecule has 0 spiro atoms. The minimum atomic E-state index is 0.349. The Labute approximate surface area is 116 Å². The minimum Gasteiger partial charge on any atom is -0.381 e. The van der Waals surface area contributed by atoms with Gasteiger partial charge in [0.1, 0.15) is 0 Å². The van der Waals surface area contributed by atoms with Gasteiger partial charge in [0.05, 0.1) is 17.6 Å². The largest absolute Gasteiger partial charge is 0.381 e. The van der Waals surface area contributed by atoms with Gasteiger partial charge in [0, 0.05) is 32.3 Å². The second-order valence-electron chi connectivity index (χ2n) is 5.15. The van der Waals surface area contributed by atoms with Gasteiger partial charge >= 0.3 is 0 Å². The van der Waals surface area contributed by atoms with Crippen LogP contribution in [0.4, 0.5) is 5.69 Å². The summed E-state index contributed by atoms with van der Waals surface area (Å²) in [5.41, 5.74) is 2.32. The molecule has 1 unspecified atom stereocenters. The fourth-order valence-electron chi connectivity index (χ4n) is 2.66. The molecule has 0 aliphatic carbocycles. The van der Waals surface area contributed by atoms with E-state index in [1.54, 1.807) is 0 Å². The summed E-state index contributed by atoms with van der Waals surface area (Å²) >= 11 is 0. The van der Waals surface area contributed by atoms with E-state index in [1.165, 1.54) is 5.69 Å². The number of nitrogens with one attached hydrogen (secondary N) is 1. The molecular weight excluding hydrogens is 238 g/mol. The molecule has 0 bridgehead atoms.